The Morgan fingerprint density at radius 2 is 1.79 bits per heavy atom. The van der Waals surface area contributed by atoms with Gasteiger partial charge in [-0.1, -0.05) is 12.1 Å². The number of rotatable bonds is 8. The molecule has 1 aliphatic heterocycles. The topological polar surface area (TPSA) is 53.8 Å². The molecule has 0 atom stereocenters. The van der Waals surface area contributed by atoms with Gasteiger partial charge in [0.1, 0.15) is 5.75 Å². The number of carbonyl (C=O) groups excluding carboxylic acids is 1. The van der Waals surface area contributed by atoms with Gasteiger partial charge < -0.3 is 9.64 Å². The van der Waals surface area contributed by atoms with Crippen molar-refractivity contribution in [1.29, 1.82) is 0 Å². The summed E-state index contributed by atoms with van der Waals surface area (Å²) in [6.45, 7) is 8.51. The lowest BCUT2D eigenvalue weighted by atomic mass is 10.2. The van der Waals surface area contributed by atoms with Crippen LogP contribution in [-0.4, -0.2) is 76.8 Å². The van der Waals surface area contributed by atoms with E-state index >= 15 is 0 Å². The monoisotopic (exact) mass is 385 g/mol. The van der Waals surface area contributed by atoms with E-state index in [-0.39, 0.29) is 5.91 Å². The van der Waals surface area contributed by atoms with E-state index < -0.39 is 0 Å². The van der Waals surface area contributed by atoms with Crippen molar-refractivity contribution < 1.29 is 9.53 Å². The summed E-state index contributed by atoms with van der Waals surface area (Å²) < 4.78 is 7.26. The summed E-state index contributed by atoms with van der Waals surface area (Å²) in [7, 11) is 3.75. The molecule has 3 rings (SSSR count). The summed E-state index contributed by atoms with van der Waals surface area (Å²) in [5, 5.41) is 4.16. The van der Waals surface area contributed by atoms with Crippen LogP contribution in [0.2, 0.25) is 0 Å². The Balaban J connectivity index is 1.40. The van der Waals surface area contributed by atoms with Gasteiger partial charge in [-0.2, -0.15) is 5.10 Å². The number of aryl methyl sites for hydroxylation is 1. The first kappa shape index (κ1) is 20.4. The van der Waals surface area contributed by atoms with Crippen LogP contribution in [-0.2, 0) is 24.9 Å². The first-order chi connectivity index (χ1) is 13.5. The molecule has 28 heavy (non-hydrogen) atoms. The minimum atomic E-state index is 0.156. The molecular weight excluding hydrogens is 354 g/mol. The molecule has 1 aromatic heterocycles. The third kappa shape index (κ3) is 5.81. The molecule has 2 heterocycles. The summed E-state index contributed by atoms with van der Waals surface area (Å²) in [5.41, 5.74) is 2.35. The van der Waals surface area contributed by atoms with Gasteiger partial charge in [0.25, 0.3) is 0 Å². The van der Waals surface area contributed by atoms with Crippen LogP contribution in [0.4, 0.5) is 0 Å². The van der Waals surface area contributed by atoms with Gasteiger partial charge in [-0.15, -0.1) is 0 Å². The van der Waals surface area contributed by atoms with Crippen molar-refractivity contribution in [2.75, 3.05) is 46.4 Å². The van der Waals surface area contributed by atoms with Gasteiger partial charge in [-0.3, -0.25) is 19.3 Å². The van der Waals surface area contributed by atoms with E-state index in [4.69, 9.17) is 4.74 Å². The highest BCUT2D eigenvalue weighted by Crippen LogP contribution is 2.15. The number of amides is 1. The largest absolute Gasteiger partial charge is 0.494 e. The Kier molecular flexibility index (Phi) is 7.06. The van der Waals surface area contributed by atoms with Crippen LogP contribution >= 0.6 is 0 Å². The molecule has 1 aromatic carbocycles. The molecule has 0 spiro atoms. The van der Waals surface area contributed by atoms with Crippen LogP contribution in [0.15, 0.2) is 36.7 Å². The van der Waals surface area contributed by atoms with E-state index in [0.717, 1.165) is 44.0 Å². The van der Waals surface area contributed by atoms with Crippen molar-refractivity contribution in [1.82, 2.24) is 24.5 Å². The highest BCUT2D eigenvalue weighted by Gasteiger charge is 2.20. The molecule has 2 aromatic rings. The zero-order valence-corrected chi connectivity index (χ0v) is 17.2. The zero-order valence-electron chi connectivity index (χ0n) is 17.2. The summed E-state index contributed by atoms with van der Waals surface area (Å²) in [6, 6.07) is 8.33. The van der Waals surface area contributed by atoms with Crippen molar-refractivity contribution in [3.63, 3.8) is 0 Å². The molecule has 1 amide bonds. The predicted octanol–water partition coefficient (Wildman–Crippen LogP) is 1.60. The predicted molar refractivity (Wildman–Crippen MR) is 109 cm³/mol. The van der Waals surface area contributed by atoms with Crippen molar-refractivity contribution in [3.05, 3.63) is 47.8 Å². The molecular formula is C21H31N5O2. The summed E-state index contributed by atoms with van der Waals surface area (Å²) in [4.78, 5) is 19.0. The zero-order chi connectivity index (χ0) is 19.9. The number of carbonyl (C=O) groups is 1. The molecule has 0 radical (unpaired) electrons. The third-order valence-corrected chi connectivity index (χ3v) is 5.07. The number of aromatic nitrogens is 2. The lowest BCUT2D eigenvalue weighted by Gasteiger charge is -2.35. The standard InChI is InChI=1S/C21H31N5O2/c1-4-28-20-7-5-18(6-8-20)16-25-9-11-26(12-10-25)17-21(27)23(2)14-19-13-22-24(3)15-19/h5-8,13,15H,4,9-12,14,16-17H2,1-3H3. The molecule has 1 aliphatic rings. The minimum absolute atomic E-state index is 0.156. The van der Waals surface area contributed by atoms with Crippen molar-refractivity contribution >= 4 is 5.91 Å². The van der Waals surface area contributed by atoms with E-state index in [1.54, 1.807) is 9.58 Å². The first-order valence-corrected chi connectivity index (χ1v) is 9.91. The molecule has 0 aliphatic carbocycles. The summed E-state index contributed by atoms with van der Waals surface area (Å²) >= 11 is 0. The average molecular weight is 386 g/mol. The number of hydrogen-bond acceptors (Lipinski definition) is 5. The lowest BCUT2D eigenvalue weighted by Crippen LogP contribution is -2.49. The highest BCUT2D eigenvalue weighted by atomic mass is 16.5. The van der Waals surface area contributed by atoms with E-state index in [2.05, 4.69) is 27.0 Å². The van der Waals surface area contributed by atoms with Crippen molar-refractivity contribution in [2.24, 2.45) is 7.05 Å². The molecule has 7 heteroatoms. The maximum atomic E-state index is 12.5. The molecule has 0 saturated carbocycles. The third-order valence-electron chi connectivity index (χ3n) is 5.07. The number of benzene rings is 1. The molecule has 152 valence electrons. The summed E-state index contributed by atoms with van der Waals surface area (Å²) in [6.07, 6.45) is 3.76. The minimum Gasteiger partial charge on any atom is -0.494 e. The van der Waals surface area contributed by atoms with Gasteiger partial charge in [0, 0.05) is 65.1 Å². The van der Waals surface area contributed by atoms with Crippen molar-refractivity contribution in [3.8, 4) is 5.75 Å². The van der Waals surface area contributed by atoms with Gasteiger partial charge >= 0.3 is 0 Å². The number of ether oxygens (including phenoxy) is 1. The fourth-order valence-corrected chi connectivity index (χ4v) is 3.45. The molecule has 0 bridgehead atoms. The SMILES string of the molecule is CCOc1ccc(CN2CCN(CC(=O)N(C)Cc3cnn(C)c3)CC2)cc1. The Morgan fingerprint density at radius 3 is 2.39 bits per heavy atom. The van der Waals surface area contributed by atoms with Crippen LogP contribution in [0.5, 0.6) is 5.75 Å². The van der Waals surface area contributed by atoms with Gasteiger partial charge in [0.15, 0.2) is 0 Å². The first-order valence-electron chi connectivity index (χ1n) is 9.91. The molecule has 1 saturated heterocycles. The Hall–Kier alpha value is -2.38. The maximum Gasteiger partial charge on any atom is 0.236 e. The van der Waals surface area contributed by atoms with Crippen LogP contribution in [0.3, 0.4) is 0 Å². The Bertz CT molecular complexity index is 750. The quantitative estimate of drug-likeness (QED) is 0.691. The second-order valence-corrected chi connectivity index (χ2v) is 7.40. The number of nitrogens with zero attached hydrogens (tertiary/aromatic N) is 5. The second-order valence-electron chi connectivity index (χ2n) is 7.40. The van der Waals surface area contributed by atoms with Gasteiger partial charge in [0.05, 0.1) is 19.3 Å². The lowest BCUT2D eigenvalue weighted by molar-refractivity contribution is -0.132. The van der Waals surface area contributed by atoms with E-state index in [1.807, 2.05) is 45.5 Å². The van der Waals surface area contributed by atoms with Crippen LogP contribution in [0.1, 0.15) is 18.1 Å². The number of hydrogen-bond donors (Lipinski definition) is 0. The normalized spacial score (nSPS) is 15.5. The van der Waals surface area contributed by atoms with Crippen molar-refractivity contribution in [2.45, 2.75) is 20.0 Å². The number of likely N-dealkylation sites (N-methyl/N-ethyl adjacent to an activating group) is 1. The van der Waals surface area contributed by atoms with E-state index in [1.165, 1.54) is 5.56 Å². The maximum absolute atomic E-state index is 12.5. The van der Waals surface area contributed by atoms with E-state index in [9.17, 15) is 4.79 Å². The van der Waals surface area contributed by atoms with Gasteiger partial charge in [-0.25, -0.2) is 0 Å². The fourth-order valence-electron chi connectivity index (χ4n) is 3.45. The highest BCUT2D eigenvalue weighted by molar-refractivity contribution is 5.78. The molecule has 1 fully saturated rings. The van der Waals surface area contributed by atoms with Crippen LogP contribution in [0.25, 0.3) is 0 Å². The smallest absolute Gasteiger partial charge is 0.236 e. The Labute approximate surface area is 167 Å². The number of piperazine rings is 1. The molecule has 7 nitrogen and oxygen atoms in total. The van der Waals surface area contributed by atoms with Gasteiger partial charge in [0.2, 0.25) is 5.91 Å². The van der Waals surface area contributed by atoms with Crippen LogP contribution < -0.4 is 4.74 Å². The average Bonchev–Trinajstić information content (AvgIpc) is 3.09. The Morgan fingerprint density at radius 1 is 1.11 bits per heavy atom. The van der Waals surface area contributed by atoms with Gasteiger partial charge in [-0.05, 0) is 24.6 Å². The second kappa shape index (κ2) is 9.71. The molecule has 0 unspecified atom stereocenters. The van der Waals surface area contributed by atoms with Crippen LogP contribution in [0, 0.1) is 0 Å². The van der Waals surface area contributed by atoms with E-state index in [0.29, 0.717) is 19.7 Å². The summed E-state index contributed by atoms with van der Waals surface area (Å²) in [5.74, 6) is 1.08. The molecule has 0 N–H and O–H groups in total. The fraction of sp³-hybridized carbons (Fsp3) is 0.524.